The van der Waals surface area contributed by atoms with E-state index >= 15 is 0 Å². The summed E-state index contributed by atoms with van der Waals surface area (Å²) in [4.78, 5) is 8.78. The van der Waals surface area contributed by atoms with E-state index in [1.807, 2.05) is 0 Å². The van der Waals surface area contributed by atoms with Gasteiger partial charge in [-0.15, -0.1) is 0 Å². The van der Waals surface area contributed by atoms with E-state index in [0.717, 1.165) is 0 Å². The molecule has 0 saturated carbocycles. The summed E-state index contributed by atoms with van der Waals surface area (Å²) in [5.74, 6) is 0.0284. The lowest BCUT2D eigenvalue weighted by molar-refractivity contribution is 0.597. The maximum Gasteiger partial charge on any atom is 0.180 e. The van der Waals surface area contributed by atoms with Crippen LogP contribution in [-0.4, -0.2) is 33.8 Å². The number of sulfone groups is 1. The standard InChI is InChI=1S/C13H12N4O2S/c1-2-20(18,19)11-4-3-7-14-13(11)10-6-9-17-12(16-10)5-8-15-17/h3-9H,2H2,1H3. The zero-order valence-corrected chi connectivity index (χ0v) is 11.6. The van der Waals surface area contributed by atoms with E-state index in [1.165, 1.54) is 0 Å². The van der Waals surface area contributed by atoms with Crippen molar-refractivity contribution in [3.8, 4) is 11.4 Å². The van der Waals surface area contributed by atoms with E-state index in [9.17, 15) is 8.42 Å². The van der Waals surface area contributed by atoms with Crippen LogP contribution >= 0.6 is 0 Å². The number of rotatable bonds is 3. The van der Waals surface area contributed by atoms with Gasteiger partial charge in [0, 0.05) is 18.5 Å². The molecule has 0 bridgehead atoms. The average Bonchev–Trinajstić information content (AvgIpc) is 2.94. The van der Waals surface area contributed by atoms with E-state index in [4.69, 9.17) is 0 Å². The summed E-state index contributed by atoms with van der Waals surface area (Å²) in [6.45, 7) is 1.61. The first-order chi connectivity index (χ1) is 9.62. The topological polar surface area (TPSA) is 77.2 Å². The second kappa shape index (κ2) is 4.68. The summed E-state index contributed by atoms with van der Waals surface area (Å²) in [5, 5.41) is 4.06. The molecule has 0 aliphatic heterocycles. The van der Waals surface area contributed by atoms with Crippen molar-refractivity contribution in [2.75, 3.05) is 5.75 Å². The number of fused-ring (bicyclic) bond motifs is 1. The number of pyridine rings is 1. The third kappa shape index (κ3) is 2.05. The predicted octanol–water partition coefficient (Wildman–Crippen LogP) is 1.58. The highest BCUT2D eigenvalue weighted by Crippen LogP contribution is 2.24. The molecule has 0 radical (unpaired) electrons. The fraction of sp³-hybridized carbons (Fsp3) is 0.154. The van der Waals surface area contributed by atoms with Gasteiger partial charge in [0.25, 0.3) is 0 Å². The summed E-state index contributed by atoms with van der Waals surface area (Å²) < 4.78 is 25.9. The summed E-state index contributed by atoms with van der Waals surface area (Å²) in [6, 6.07) is 6.63. The van der Waals surface area contributed by atoms with Crippen molar-refractivity contribution < 1.29 is 8.42 Å². The Morgan fingerprint density at radius 1 is 1.20 bits per heavy atom. The van der Waals surface area contributed by atoms with E-state index < -0.39 is 9.84 Å². The van der Waals surface area contributed by atoms with Crippen LogP contribution in [0.3, 0.4) is 0 Å². The monoisotopic (exact) mass is 288 g/mol. The molecule has 0 aliphatic rings. The molecule has 0 amide bonds. The molecule has 6 nitrogen and oxygen atoms in total. The second-order valence-electron chi connectivity index (χ2n) is 4.20. The van der Waals surface area contributed by atoms with Crippen LogP contribution in [0.1, 0.15) is 6.92 Å². The van der Waals surface area contributed by atoms with E-state index in [-0.39, 0.29) is 10.6 Å². The van der Waals surface area contributed by atoms with Crippen molar-refractivity contribution in [1.29, 1.82) is 0 Å². The molecule has 0 aromatic carbocycles. The molecule has 0 spiro atoms. The number of hydrogen-bond donors (Lipinski definition) is 0. The van der Waals surface area contributed by atoms with E-state index in [1.54, 1.807) is 54.3 Å². The highest BCUT2D eigenvalue weighted by molar-refractivity contribution is 7.91. The third-order valence-electron chi connectivity index (χ3n) is 2.99. The largest absolute Gasteiger partial charge is 0.253 e. The van der Waals surface area contributed by atoms with Gasteiger partial charge in [0.2, 0.25) is 0 Å². The molecule has 3 heterocycles. The van der Waals surface area contributed by atoms with Crippen LogP contribution in [-0.2, 0) is 9.84 Å². The van der Waals surface area contributed by atoms with Crippen LogP contribution in [0.15, 0.2) is 47.8 Å². The number of nitrogens with zero attached hydrogens (tertiary/aromatic N) is 4. The lowest BCUT2D eigenvalue weighted by atomic mass is 10.2. The van der Waals surface area contributed by atoms with Gasteiger partial charge >= 0.3 is 0 Å². The summed E-state index contributed by atoms with van der Waals surface area (Å²) in [5.41, 5.74) is 1.54. The first-order valence-electron chi connectivity index (χ1n) is 6.10. The average molecular weight is 288 g/mol. The van der Waals surface area contributed by atoms with Crippen molar-refractivity contribution in [2.45, 2.75) is 11.8 Å². The SMILES string of the molecule is CCS(=O)(=O)c1cccnc1-c1ccn2nccc2n1. The molecule has 0 atom stereocenters. The van der Waals surface area contributed by atoms with Crippen molar-refractivity contribution in [3.63, 3.8) is 0 Å². The molecule has 3 aromatic heterocycles. The minimum atomic E-state index is -3.34. The predicted molar refractivity (Wildman–Crippen MR) is 73.9 cm³/mol. The van der Waals surface area contributed by atoms with Crippen LogP contribution in [0, 0.1) is 0 Å². The van der Waals surface area contributed by atoms with Crippen LogP contribution in [0.5, 0.6) is 0 Å². The fourth-order valence-electron chi connectivity index (χ4n) is 1.93. The Kier molecular flexibility index (Phi) is 2.98. The Bertz CT molecular complexity index is 871. The Balaban J connectivity index is 2.24. The maximum absolute atomic E-state index is 12.1. The van der Waals surface area contributed by atoms with Crippen LogP contribution in [0.4, 0.5) is 0 Å². The molecule has 102 valence electrons. The Labute approximate surface area is 116 Å². The summed E-state index contributed by atoms with van der Waals surface area (Å²) >= 11 is 0. The van der Waals surface area contributed by atoms with Gasteiger partial charge in [-0.1, -0.05) is 6.92 Å². The minimum absolute atomic E-state index is 0.0284. The quantitative estimate of drug-likeness (QED) is 0.731. The smallest absolute Gasteiger partial charge is 0.180 e. The highest BCUT2D eigenvalue weighted by Gasteiger charge is 2.19. The third-order valence-corrected chi connectivity index (χ3v) is 4.75. The fourth-order valence-corrected chi connectivity index (χ4v) is 2.98. The molecular weight excluding hydrogens is 276 g/mol. The first kappa shape index (κ1) is 12.7. The molecule has 0 aliphatic carbocycles. The molecule has 0 saturated heterocycles. The van der Waals surface area contributed by atoms with Gasteiger partial charge in [-0.2, -0.15) is 5.10 Å². The zero-order chi connectivity index (χ0) is 14.2. The van der Waals surface area contributed by atoms with Gasteiger partial charge in [-0.05, 0) is 18.2 Å². The van der Waals surface area contributed by atoms with Gasteiger partial charge in [0.1, 0.15) is 5.69 Å². The lowest BCUT2D eigenvalue weighted by Gasteiger charge is -2.07. The van der Waals surface area contributed by atoms with Crippen LogP contribution in [0.2, 0.25) is 0 Å². The van der Waals surface area contributed by atoms with E-state index in [2.05, 4.69) is 15.1 Å². The molecule has 3 aromatic rings. The summed E-state index contributed by atoms with van der Waals surface area (Å²) in [7, 11) is -3.34. The van der Waals surface area contributed by atoms with Gasteiger partial charge in [-0.3, -0.25) is 4.98 Å². The number of hydrogen-bond acceptors (Lipinski definition) is 5. The van der Waals surface area contributed by atoms with Crippen molar-refractivity contribution in [3.05, 3.63) is 42.9 Å². The Hall–Kier alpha value is -2.28. The molecule has 20 heavy (non-hydrogen) atoms. The minimum Gasteiger partial charge on any atom is -0.253 e. The normalized spacial score (nSPS) is 11.8. The van der Waals surface area contributed by atoms with Gasteiger partial charge in [0.15, 0.2) is 15.5 Å². The molecule has 0 N–H and O–H groups in total. The van der Waals surface area contributed by atoms with Crippen molar-refractivity contribution in [2.24, 2.45) is 0 Å². The second-order valence-corrected chi connectivity index (χ2v) is 6.45. The highest BCUT2D eigenvalue weighted by atomic mass is 32.2. The zero-order valence-electron chi connectivity index (χ0n) is 10.8. The van der Waals surface area contributed by atoms with Crippen molar-refractivity contribution >= 4 is 15.5 Å². The summed E-state index contributed by atoms with van der Waals surface area (Å²) in [6.07, 6.45) is 4.93. The molecule has 0 unspecified atom stereocenters. The van der Waals surface area contributed by atoms with Crippen LogP contribution < -0.4 is 0 Å². The molecule has 0 fully saturated rings. The Morgan fingerprint density at radius 3 is 2.85 bits per heavy atom. The van der Waals surface area contributed by atoms with Crippen LogP contribution in [0.25, 0.3) is 17.0 Å². The van der Waals surface area contributed by atoms with E-state index in [0.29, 0.717) is 17.0 Å². The van der Waals surface area contributed by atoms with Gasteiger partial charge in [0.05, 0.1) is 22.5 Å². The first-order valence-corrected chi connectivity index (χ1v) is 7.75. The molecule has 3 rings (SSSR count). The Morgan fingerprint density at radius 2 is 2.05 bits per heavy atom. The molecule has 7 heteroatoms. The van der Waals surface area contributed by atoms with Gasteiger partial charge < -0.3 is 0 Å². The maximum atomic E-state index is 12.1. The van der Waals surface area contributed by atoms with Crippen molar-refractivity contribution in [1.82, 2.24) is 19.6 Å². The molecular formula is C13H12N4O2S. The van der Waals surface area contributed by atoms with Gasteiger partial charge in [-0.25, -0.2) is 17.9 Å². The lowest BCUT2D eigenvalue weighted by Crippen LogP contribution is -2.07. The number of aromatic nitrogens is 4.